The summed E-state index contributed by atoms with van der Waals surface area (Å²) >= 11 is 0. The Morgan fingerprint density at radius 2 is 1.82 bits per heavy atom. The number of aliphatic hydroxyl groups is 1. The Morgan fingerprint density at radius 3 is 2.29 bits per heavy atom. The molecule has 0 saturated heterocycles. The van der Waals surface area contributed by atoms with Crippen molar-refractivity contribution in [2.45, 2.75) is 77.9 Å². The molecule has 102 valence electrons. The molecule has 0 bridgehead atoms. The van der Waals surface area contributed by atoms with E-state index in [0.29, 0.717) is 12.5 Å². The van der Waals surface area contributed by atoms with Crippen molar-refractivity contribution in [3.63, 3.8) is 0 Å². The highest BCUT2D eigenvalue weighted by atomic mass is 16.5. The third kappa shape index (κ3) is 4.26. The van der Waals surface area contributed by atoms with Crippen LogP contribution in [0.5, 0.6) is 0 Å². The van der Waals surface area contributed by atoms with Crippen molar-refractivity contribution in [1.82, 2.24) is 0 Å². The molecule has 2 heteroatoms. The smallest absolute Gasteiger partial charge is 0.0940 e. The van der Waals surface area contributed by atoms with E-state index in [1.807, 2.05) is 6.92 Å². The second-order valence-corrected chi connectivity index (χ2v) is 6.17. The monoisotopic (exact) mass is 242 g/mol. The number of hydrogen-bond donors (Lipinski definition) is 1. The van der Waals surface area contributed by atoms with Crippen molar-refractivity contribution >= 4 is 0 Å². The van der Waals surface area contributed by atoms with Gasteiger partial charge in [-0.2, -0.15) is 0 Å². The molecule has 0 aromatic carbocycles. The molecule has 1 unspecified atom stereocenters. The van der Waals surface area contributed by atoms with Crippen molar-refractivity contribution in [3.05, 3.63) is 0 Å². The number of hydrogen-bond acceptors (Lipinski definition) is 2. The number of aliphatic hydroxyl groups excluding tert-OH is 1. The van der Waals surface area contributed by atoms with Gasteiger partial charge in [0.15, 0.2) is 0 Å². The van der Waals surface area contributed by atoms with Gasteiger partial charge in [-0.05, 0) is 57.3 Å². The van der Waals surface area contributed by atoms with Crippen LogP contribution >= 0.6 is 0 Å². The zero-order valence-corrected chi connectivity index (χ0v) is 12.0. The van der Waals surface area contributed by atoms with E-state index in [4.69, 9.17) is 4.74 Å². The predicted molar refractivity (Wildman–Crippen MR) is 72.1 cm³/mol. The topological polar surface area (TPSA) is 29.5 Å². The highest BCUT2D eigenvalue weighted by Gasteiger charge is 2.40. The summed E-state index contributed by atoms with van der Waals surface area (Å²) < 4.78 is 5.96. The lowest BCUT2D eigenvalue weighted by molar-refractivity contribution is -0.146. The van der Waals surface area contributed by atoms with Crippen molar-refractivity contribution in [1.29, 1.82) is 0 Å². The van der Waals surface area contributed by atoms with Crippen LogP contribution < -0.4 is 0 Å². The first kappa shape index (κ1) is 15.0. The summed E-state index contributed by atoms with van der Waals surface area (Å²) in [7, 11) is 0. The van der Waals surface area contributed by atoms with Gasteiger partial charge in [-0.15, -0.1) is 0 Å². The standard InChI is InChI=1S/C15H30O2/c1-5-17-15(10-8-13(4)9-11-15)14(16)7-6-12(2)3/h12-14,16H,5-11H2,1-4H3. The van der Waals surface area contributed by atoms with Crippen LogP contribution in [-0.2, 0) is 4.74 Å². The maximum Gasteiger partial charge on any atom is 0.0940 e. The summed E-state index contributed by atoms with van der Waals surface area (Å²) in [4.78, 5) is 0. The third-order valence-corrected chi connectivity index (χ3v) is 4.18. The van der Waals surface area contributed by atoms with Gasteiger partial charge in [0.1, 0.15) is 0 Å². The van der Waals surface area contributed by atoms with E-state index in [0.717, 1.165) is 31.6 Å². The Bertz CT molecular complexity index is 205. The van der Waals surface area contributed by atoms with E-state index in [9.17, 15) is 5.11 Å². The quantitative estimate of drug-likeness (QED) is 0.768. The normalized spacial score (nSPS) is 31.8. The van der Waals surface area contributed by atoms with Crippen LogP contribution in [0.1, 0.15) is 66.2 Å². The second-order valence-electron chi connectivity index (χ2n) is 6.17. The molecule has 0 aromatic rings. The van der Waals surface area contributed by atoms with Crippen molar-refractivity contribution < 1.29 is 9.84 Å². The summed E-state index contributed by atoms with van der Waals surface area (Å²) in [6, 6.07) is 0. The van der Waals surface area contributed by atoms with Crippen molar-refractivity contribution in [2.24, 2.45) is 11.8 Å². The fourth-order valence-electron chi connectivity index (χ4n) is 2.87. The van der Waals surface area contributed by atoms with Crippen LogP contribution in [0.4, 0.5) is 0 Å². The molecule has 1 rings (SSSR count). The minimum atomic E-state index is -0.280. The van der Waals surface area contributed by atoms with Crippen molar-refractivity contribution in [2.75, 3.05) is 6.61 Å². The Morgan fingerprint density at radius 1 is 1.24 bits per heavy atom. The molecule has 0 amide bonds. The Hall–Kier alpha value is -0.0800. The molecule has 1 aliphatic rings. The molecule has 0 heterocycles. The van der Waals surface area contributed by atoms with E-state index >= 15 is 0 Å². The van der Waals surface area contributed by atoms with Crippen LogP contribution in [0.15, 0.2) is 0 Å². The molecule has 1 aliphatic carbocycles. The van der Waals surface area contributed by atoms with Crippen LogP contribution in [-0.4, -0.2) is 23.4 Å². The number of ether oxygens (including phenoxy) is 1. The molecule has 17 heavy (non-hydrogen) atoms. The largest absolute Gasteiger partial charge is 0.390 e. The molecule has 1 N–H and O–H groups in total. The average molecular weight is 242 g/mol. The van der Waals surface area contributed by atoms with Gasteiger partial charge in [0.2, 0.25) is 0 Å². The van der Waals surface area contributed by atoms with Gasteiger partial charge in [0.05, 0.1) is 11.7 Å². The van der Waals surface area contributed by atoms with Crippen LogP contribution in [0.2, 0.25) is 0 Å². The molecule has 0 aromatic heterocycles. The van der Waals surface area contributed by atoms with Gasteiger partial charge in [-0.25, -0.2) is 0 Å². The predicted octanol–water partition coefficient (Wildman–Crippen LogP) is 3.77. The molecule has 0 aliphatic heterocycles. The molecular weight excluding hydrogens is 212 g/mol. The molecule has 2 nitrogen and oxygen atoms in total. The minimum absolute atomic E-state index is 0.240. The lowest BCUT2D eigenvalue weighted by Gasteiger charge is -2.42. The maximum atomic E-state index is 10.5. The maximum absolute atomic E-state index is 10.5. The van der Waals surface area contributed by atoms with E-state index in [-0.39, 0.29) is 11.7 Å². The zero-order chi connectivity index (χ0) is 12.9. The van der Waals surface area contributed by atoms with Gasteiger partial charge in [-0.3, -0.25) is 0 Å². The third-order valence-electron chi connectivity index (χ3n) is 4.18. The molecule has 0 spiro atoms. The SMILES string of the molecule is CCOC1(C(O)CCC(C)C)CCC(C)CC1. The lowest BCUT2D eigenvalue weighted by Crippen LogP contribution is -2.47. The fraction of sp³-hybridized carbons (Fsp3) is 1.00. The van der Waals surface area contributed by atoms with E-state index < -0.39 is 0 Å². The molecule has 1 atom stereocenters. The Balaban J connectivity index is 2.57. The molecule has 1 saturated carbocycles. The van der Waals surface area contributed by atoms with Gasteiger partial charge >= 0.3 is 0 Å². The molecule has 1 fully saturated rings. The summed E-state index contributed by atoms with van der Waals surface area (Å²) in [6.07, 6.45) is 6.13. The van der Waals surface area contributed by atoms with Gasteiger partial charge < -0.3 is 9.84 Å². The van der Waals surface area contributed by atoms with Crippen LogP contribution in [0, 0.1) is 11.8 Å². The van der Waals surface area contributed by atoms with E-state index in [2.05, 4.69) is 20.8 Å². The second kappa shape index (κ2) is 6.75. The highest BCUT2D eigenvalue weighted by molar-refractivity contribution is 4.92. The first-order valence-electron chi connectivity index (χ1n) is 7.32. The molecular formula is C15H30O2. The first-order valence-corrected chi connectivity index (χ1v) is 7.32. The lowest BCUT2D eigenvalue weighted by atomic mass is 9.75. The summed E-state index contributed by atoms with van der Waals surface area (Å²) in [6.45, 7) is 9.48. The van der Waals surface area contributed by atoms with Crippen LogP contribution in [0.25, 0.3) is 0 Å². The summed E-state index contributed by atoms with van der Waals surface area (Å²) in [5.74, 6) is 1.45. The summed E-state index contributed by atoms with van der Waals surface area (Å²) in [5, 5.41) is 10.5. The zero-order valence-electron chi connectivity index (χ0n) is 12.0. The minimum Gasteiger partial charge on any atom is -0.390 e. The van der Waals surface area contributed by atoms with Crippen LogP contribution in [0.3, 0.4) is 0 Å². The highest BCUT2D eigenvalue weighted by Crippen LogP contribution is 2.38. The van der Waals surface area contributed by atoms with E-state index in [1.54, 1.807) is 0 Å². The first-order chi connectivity index (χ1) is 8.00. The number of rotatable bonds is 6. The Labute approximate surface area is 107 Å². The molecule has 0 radical (unpaired) electrons. The van der Waals surface area contributed by atoms with E-state index in [1.165, 1.54) is 12.8 Å². The van der Waals surface area contributed by atoms with Gasteiger partial charge in [0.25, 0.3) is 0 Å². The fourth-order valence-corrected chi connectivity index (χ4v) is 2.87. The van der Waals surface area contributed by atoms with Crippen molar-refractivity contribution in [3.8, 4) is 0 Å². The summed E-state index contributed by atoms with van der Waals surface area (Å²) in [5.41, 5.74) is -0.240. The average Bonchev–Trinajstić information content (AvgIpc) is 2.29. The van der Waals surface area contributed by atoms with Gasteiger partial charge in [0, 0.05) is 6.61 Å². The Kier molecular flexibility index (Phi) is 5.94. The van der Waals surface area contributed by atoms with Gasteiger partial charge in [-0.1, -0.05) is 20.8 Å².